The first kappa shape index (κ1) is 17.9. The molecule has 0 spiro atoms. The molecule has 0 unspecified atom stereocenters. The van der Waals surface area contributed by atoms with Crippen LogP contribution in [0, 0.1) is 5.82 Å². The molecule has 0 fully saturated rings. The Morgan fingerprint density at radius 2 is 1.77 bits per heavy atom. The van der Waals surface area contributed by atoms with Crippen LogP contribution in [0.25, 0.3) is 10.8 Å². The SMILES string of the molecule is CC[C@@H](Oc1ccc2ccccc2c1)C(=O)NCCc1ccc(F)cc1. The van der Waals surface area contributed by atoms with E-state index in [1.54, 1.807) is 12.1 Å². The summed E-state index contributed by atoms with van der Waals surface area (Å²) >= 11 is 0. The Balaban J connectivity index is 1.56. The van der Waals surface area contributed by atoms with Gasteiger partial charge in [-0.1, -0.05) is 49.4 Å². The van der Waals surface area contributed by atoms with E-state index in [0.717, 1.165) is 16.3 Å². The van der Waals surface area contributed by atoms with Crippen LogP contribution in [0.3, 0.4) is 0 Å². The molecule has 0 saturated carbocycles. The summed E-state index contributed by atoms with van der Waals surface area (Å²) in [6.07, 6.45) is 0.692. The van der Waals surface area contributed by atoms with Crippen molar-refractivity contribution in [1.29, 1.82) is 0 Å². The molecule has 0 bridgehead atoms. The van der Waals surface area contributed by atoms with E-state index in [-0.39, 0.29) is 11.7 Å². The van der Waals surface area contributed by atoms with E-state index in [1.807, 2.05) is 49.4 Å². The number of halogens is 1. The van der Waals surface area contributed by atoms with E-state index in [0.29, 0.717) is 25.1 Å². The molecule has 3 aromatic carbocycles. The maximum atomic E-state index is 12.9. The van der Waals surface area contributed by atoms with E-state index in [1.165, 1.54) is 12.1 Å². The van der Waals surface area contributed by atoms with E-state index >= 15 is 0 Å². The van der Waals surface area contributed by atoms with E-state index in [2.05, 4.69) is 5.32 Å². The third-order valence-electron chi connectivity index (χ3n) is 4.29. The molecule has 3 nitrogen and oxygen atoms in total. The van der Waals surface area contributed by atoms with E-state index in [4.69, 9.17) is 4.74 Å². The number of amides is 1. The third-order valence-corrected chi connectivity index (χ3v) is 4.29. The van der Waals surface area contributed by atoms with E-state index in [9.17, 15) is 9.18 Å². The van der Waals surface area contributed by atoms with Crippen molar-refractivity contribution in [2.45, 2.75) is 25.9 Å². The van der Waals surface area contributed by atoms with Crippen molar-refractivity contribution in [3.05, 3.63) is 78.1 Å². The Morgan fingerprint density at radius 1 is 1.04 bits per heavy atom. The lowest BCUT2D eigenvalue weighted by atomic mass is 10.1. The summed E-state index contributed by atoms with van der Waals surface area (Å²) in [4.78, 5) is 12.4. The topological polar surface area (TPSA) is 38.3 Å². The minimum atomic E-state index is -0.538. The Morgan fingerprint density at radius 3 is 2.50 bits per heavy atom. The van der Waals surface area contributed by atoms with Crippen LogP contribution in [0.2, 0.25) is 0 Å². The van der Waals surface area contributed by atoms with E-state index < -0.39 is 6.10 Å². The molecule has 0 aromatic heterocycles. The fourth-order valence-corrected chi connectivity index (χ4v) is 2.82. The number of fused-ring (bicyclic) bond motifs is 1. The Bertz CT molecular complexity index is 877. The highest BCUT2D eigenvalue weighted by Gasteiger charge is 2.18. The molecule has 4 heteroatoms. The quantitative estimate of drug-likeness (QED) is 0.681. The molecule has 3 rings (SSSR count). The number of carbonyl (C=O) groups is 1. The van der Waals surface area contributed by atoms with Gasteiger partial charge >= 0.3 is 0 Å². The number of ether oxygens (including phenoxy) is 1. The van der Waals surface area contributed by atoms with Crippen molar-refractivity contribution in [2.75, 3.05) is 6.54 Å². The van der Waals surface area contributed by atoms with Gasteiger partial charge in [-0.15, -0.1) is 0 Å². The average Bonchev–Trinajstić information content (AvgIpc) is 2.67. The summed E-state index contributed by atoms with van der Waals surface area (Å²) in [5.41, 5.74) is 0.982. The first-order valence-electron chi connectivity index (χ1n) is 8.83. The second-order valence-corrected chi connectivity index (χ2v) is 6.19. The zero-order chi connectivity index (χ0) is 18.4. The van der Waals surface area contributed by atoms with Crippen molar-refractivity contribution < 1.29 is 13.9 Å². The Labute approximate surface area is 152 Å². The number of nitrogens with one attached hydrogen (secondary N) is 1. The summed E-state index contributed by atoms with van der Waals surface area (Å²) in [7, 11) is 0. The number of carbonyl (C=O) groups excluding carboxylic acids is 1. The van der Waals surface area contributed by atoms with Crippen LogP contribution in [0.1, 0.15) is 18.9 Å². The number of benzene rings is 3. The van der Waals surface area contributed by atoms with Gasteiger partial charge in [0, 0.05) is 6.54 Å². The first-order chi connectivity index (χ1) is 12.7. The fourth-order valence-electron chi connectivity index (χ4n) is 2.82. The molecule has 0 aliphatic carbocycles. The molecule has 0 heterocycles. The summed E-state index contributed by atoms with van der Waals surface area (Å²) in [6, 6.07) is 20.2. The molecule has 1 amide bonds. The van der Waals surface area contributed by atoms with Gasteiger partial charge < -0.3 is 10.1 Å². The lowest BCUT2D eigenvalue weighted by Crippen LogP contribution is -2.38. The molecule has 0 aliphatic rings. The van der Waals surface area contributed by atoms with Crippen molar-refractivity contribution in [1.82, 2.24) is 5.32 Å². The molecule has 26 heavy (non-hydrogen) atoms. The van der Waals surface area contributed by atoms with Crippen molar-refractivity contribution in [2.24, 2.45) is 0 Å². The first-order valence-corrected chi connectivity index (χ1v) is 8.83. The fraction of sp³-hybridized carbons (Fsp3) is 0.227. The average molecular weight is 351 g/mol. The predicted octanol–water partition coefficient (Wildman–Crippen LogP) is 4.50. The summed E-state index contributed by atoms with van der Waals surface area (Å²) in [6.45, 7) is 2.41. The Kier molecular flexibility index (Phi) is 5.84. The molecule has 0 aliphatic heterocycles. The Hall–Kier alpha value is -2.88. The molecular weight excluding hydrogens is 329 g/mol. The van der Waals surface area contributed by atoms with Gasteiger partial charge in [0.2, 0.25) is 0 Å². The summed E-state index contributed by atoms with van der Waals surface area (Å²) in [5.74, 6) is 0.291. The van der Waals surface area contributed by atoms with Crippen LogP contribution in [-0.4, -0.2) is 18.6 Å². The van der Waals surface area contributed by atoms with Crippen LogP contribution >= 0.6 is 0 Å². The van der Waals surface area contributed by atoms with Gasteiger partial charge in [0.25, 0.3) is 5.91 Å². The monoisotopic (exact) mass is 351 g/mol. The van der Waals surface area contributed by atoms with Crippen LogP contribution in [-0.2, 0) is 11.2 Å². The maximum absolute atomic E-state index is 12.9. The van der Waals surface area contributed by atoms with Crippen molar-refractivity contribution in [3.63, 3.8) is 0 Å². The zero-order valence-electron chi connectivity index (χ0n) is 14.7. The molecule has 0 saturated heterocycles. The van der Waals surface area contributed by atoms with Gasteiger partial charge in [0.1, 0.15) is 11.6 Å². The smallest absolute Gasteiger partial charge is 0.261 e. The lowest BCUT2D eigenvalue weighted by Gasteiger charge is -2.17. The standard InChI is InChI=1S/C22H22FNO2/c1-2-21(22(25)24-14-13-16-7-10-19(23)11-8-16)26-20-12-9-17-5-3-4-6-18(17)15-20/h3-12,15,21H,2,13-14H2,1H3,(H,24,25)/t21-/m1/s1. The van der Waals surface area contributed by atoms with Crippen LogP contribution < -0.4 is 10.1 Å². The van der Waals surface area contributed by atoms with Crippen molar-refractivity contribution >= 4 is 16.7 Å². The second kappa shape index (κ2) is 8.48. The molecule has 1 atom stereocenters. The normalized spacial score (nSPS) is 11.9. The summed E-state index contributed by atoms with van der Waals surface area (Å²) in [5, 5.41) is 5.11. The van der Waals surface area contributed by atoms with Gasteiger partial charge in [-0.25, -0.2) is 4.39 Å². The lowest BCUT2D eigenvalue weighted by molar-refractivity contribution is -0.128. The van der Waals surface area contributed by atoms with Gasteiger partial charge in [-0.2, -0.15) is 0 Å². The van der Waals surface area contributed by atoms with Gasteiger partial charge in [0.15, 0.2) is 6.10 Å². The molecule has 1 N–H and O–H groups in total. The maximum Gasteiger partial charge on any atom is 0.261 e. The number of rotatable bonds is 7. The molecular formula is C22H22FNO2. The molecule has 3 aromatic rings. The van der Waals surface area contributed by atoms with Crippen LogP contribution in [0.4, 0.5) is 4.39 Å². The number of hydrogen-bond acceptors (Lipinski definition) is 2. The van der Waals surface area contributed by atoms with Crippen LogP contribution in [0.15, 0.2) is 66.7 Å². The highest BCUT2D eigenvalue weighted by Crippen LogP contribution is 2.22. The van der Waals surface area contributed by atoms with Gasteiger partial charge in [0.05, 0.1) is 0 Å². The minimum absolute atomic E-state index is 0.136. The molecule has 134 valence electrons. The zero-order valence-corrected chi connectivity index (χ0v) is 14.7. The van der Waals surface area contributed by atoms with Crippen molar-refractivity contribution in [3.8, 4) is 5.75 Å². The number of hydrogen-bond donors (Lipinski definition) is 1. The second-order valence-electron chi connectivity index (χ2n) is 6.19. The van der Waals surface area contributed by atoms with Gasteiger partial charge in [-0.05, 0) is 53.4 Å². The highest BCUT2D eigenvalue weighted by molar-refractivity contribution is 5.84. The summed E-state index contributed by atoms with van der Waals surface area (Å²) < 4.78 is 18.8. The molecule has 0 radical (unpaired) electrons. The third kappa shape index (κ3) is 4.60. The predicted molar refractivity (Wildman–Crippen MR) is 102 cm³/mol. The van der Waals surface area contributed by atoms with Gasteiger partial charge in [-0.3, -0.25) is 4.79 Å². The highest BCUT2D eigenvalue weighted by atomic mass is 19.1. The van der Waals surface area contributed by atoms with Crippen LogP contribution in [0.5, 0.6) is 5.75 Å². The largest absolute Gasteiger partial charge is 0.481 e. The minimum Gasteiger partial charge on any atom is -0.481 e.